The van der Waals surface area contributed by atoms with Gasteiger partial charge in [-0.3, -0.25) is 9.59 Å². The van der Waals surface area contributed by atoms with Gasteiger partial charge in [0, 0.05) is 0 Å². The summed E-state index contributed by atoms with van der Waals surface area (Å²) < 4.78 is 21.7. The molecule has 0 radical (unpaired) electrons. The third-order valence-corrected chi connectivity index (χ3v) is 5.32. The molecular formula is C11H14INO4S. The lowest BCUT2D eigenvalue weighted by Crippen LogP contribution is -2.43. The molecule has 0 saturated heterocycles. The minimum absolute atomic E-state index is 0.165. The van der Waals surface area contributed by atoms with Crippen LogP contribution >= 0.6 is 22.6 Å². The first-order valence-corrected chi connectivity index (χ1v) is 8.20. The fraction of sp³-hybridized carbons (Fsp3) is 0.455. The van der Waals surface area contributed by atoms with Gasteiger partial charge < -0.3 is 0 Å². The Bertz CT molecular complexity index is 533. The number of carbonyl (C=O) groups excluding carboxylic acids is 2. The average molecular weight is 383 g/mol. The normalized spacial score (nSPS) is 31.3. The Morgan fingerprint density at radius 2 is 1.67 bits per heavy atom. The molecule has 18 heavy (non-hydrogen) atoms. The maximum Gasteiger partial charge on any atom is 0.221 e. The predicted molar refractivity (Wildman–Crippen MR) is 76.8 cm³/mol. The van der Waals surface area contributed by atoms with Crippen LogP contribution in [0.15, 0.2) is 24.3 Å². The van der Waals surface area contributed by atoms with Crippen LogP contribution in [0, 0.1) is 5.41 Å². The highest BCUT2D eigenvalue weighted by Crippen LogP contribution is 2.34. The minimum atomic E-state index is -3.83. The fourth-order valence-corrected chi connectivity index (χ4v) is 2.77. The number of alkyl halides is 1. The molecule has 2 N–H and O–H groups in total. The molecule has 0 bridgehead atoms. The van der Waals surface area contributed by atoms with Gasteiger partial charge >= 0.3 is 0 Å². The number of carbonyl (C=O) groups is 2. The van der Waals surface area contributed by atoms with Gasteiger partial charge in [-0.1, -0.05) is 46.9 Å². The number of ketones is 2. The molecule has 5 nitrogen and oxygen atoms in total. The molecule has 0 aromatic rings. The number of sulfonamides is 1. The van der Waals surface area contributed by atoms with E-state index in [0.29, 0.717) is 0 Å². The van der Waals surface area contributed by atoms with Crippen LogP contribution < -0.4 is 5.14 Å². The number of hydrogen-bond donors (Lipinski definition) is 1. The zero-order valence-electron chi connectivity index (χ0n) is 10.0. The summed E-state index contributed by atoms with van der Waals surface area (Å²) in [7, 11) is -3.83. The van der Waals surface area contributed by atoms with Gasteiger partial charge in [-0.15, -0.1) is 0 Å². The Morgan fingerprint density at radius 3 is 1.94 bits per heavy atom. The topological polar surface area (TPSA) is 94.3 Å². The molecule has 1 aliphatic carbocycles. The van der Waals surface area contributed by atoms with E-state index in [1.165, 1.54) is 38.2 Å². The highest BCUT2D eigenvalue weighted by atomic mass is 127. The second kappa shape index (κ2) is 4.86. The van der Waals surface area contributed by atoms with Crippen molar-refractivity contribution in [2.45, 2.75) is 18.6 Å². The van der Waals surface area contributed by atoms with Gasteiger partial charge in [0.05, 0.1) is 4.43 Å². The number of primary sulfonamides is 1. The van der Waals surface area contributed by atoms with Crippen LogP contribution in [0.3, 0.4) is 0 Å². The zero-order valence-corrected chi connectivity index (χ0v) is 13.0. The zero-order chi connectivity index (χ0) is 14.2. The molecule has 100 valence electrons. The summed E-state index contributed by atoms with van der Waals surface area (Å²) in [5.41, 5.74) is -1.36. The van der Waals surface area contributed by atoms with E-state index in [2.05, 4.69) is 0 Å². The molecule has 1 rings (SSSR count). The molecule has 1 aliphatic rings. The first-order chi connectivity index (χ1) is 8.09. The number of halogens is 1. The summed E-state index contributed by atoms with van der Waals surface area (Å²) in [6.45, 7) is 2.71. The smallest absolute Gasteiger partial charge is 0.221 e. The van der Waals surface area contributed by atoms with Crippen LogP contribution in [-0.2, 0) is 19.6 Å². The van der Waals surface area contributed by atoms with Crippen LogP contribution in [0.2, 0.25) is 0 Å². The Hall–Kier alpha value is -0.540. The molecule has 0 aliphatic heterocycles. The molecular weight excluding hydrogens is 369 g/mol. The number of Topliss-reactive ketones (excluding diaryl/α,β-unsaturated/α-hetero) is 2. The molecule has 0 spiro atoms. The van der Waals surface area contributed by atoms with E-state index in [1.54, 1.807) is 0 Å². The van der Waals surface area contributed by atoms with Gasteiger partial charge in [0.1, 0.15) is 10.2 Å². The highest BCUT2D eigenvalue weighted by molar-refractivity contribution is 14.1. The van der Waals surface area contributed by atoms with E-state index in [1.807, 2.05) is 22.6 Å². The van der Waals surface area contributed by atoms with Crippen molar-refractivity contribution in [1.82, 2.24) is 0 Å². The van der Waals surface area contributed by atoms with Gasteiger partial charge in [-0.2, -0.15) is 0 Å². The summed E-state index contributed by atoms with van der Waals surface area (Å²) in [5, 5.41) is 5.12. The first-order valence-electron chi connectivity index (χ1n) is 5.12. The number of allylic oxidation sites excluding steroid dienone is 2. The quantitative estimate of drug-likeness (QED) is 0.335. The monoisotopic (exact) mass is 383 g/mol. The van der Waals surface area contributed by atoms with Crippen molar-refractivity contribution in [3.8, 4) is 0 Å². The maximum atomic E-state index is 11.9. The Balaban J connectivity index is 3.31. The third-order valence-electron chi connectivity index (χ3n) is 3.13. The van der Waals surface area contributed by atoms with E-state index < -0.39 is 20.2 Å². The SMILES string of the molecule is CC(=O)C1(C(=O)CI)C=CC(C)(S(N)(=O)=O)C=C1. The first kappa shape index (κ1) is 15.5. The summed E-state index contributed by atoms with van der Waals surface area (Å²) >= 11 is 1.87. The minimum Gasteiger partial charge on any atom is -0.298 e. The Kier molecular flexibility index (Phi) is 4.19. The van der Waals surface area contributed by atoms with Crippen LogP contribution in [-0.4, -0.2) is 29.2 Å². The van der Waals surface area contributed by atoms with Crippen LogP contribution in [0.25, 0.3) is 0 Å². The lowest BCUT2D eigenvalue weighted by atomic mass is 9.76. The van der Waals surface area contributed by atoms with Gasteiger partial charge in [-0.25, -0.2) is 13.6 Å². The molecule has 0 amide bonds. The van der Waals surface area contributed by atoms with Crippen molar-refractivity contribution < 1.29 is 18.0 Å². The largest absolute Gasteiger partial charge is 0.298 e. The maximum absolute atomic E-state index is 11.9. The lowest BCUT2D eigenvalue weighted by molar-refractivity contribution is -0.132. The van der Waals surface area contributed by atoms with Crippen molar-refractivity contribution >= 4 is 44.2 Å². The van der Waals surface area contributed by atoms with Gasteiger partial charge in [0.25, 0.3) is 0 Å². The molecule has 7 heteroatoms. The van der Waals surface area contributed by atoms with E-state index >= 15 is 0 Å². The van der Waals surface area contributed by atoms with Gasteiger partial charge in [0.15, 0.2) is 11.6 Å². The molecule has 0 unspecified atom stereocenters. The van der Waals surface area contributed by atoms with Crippen LogP contribution in [0.5, 0.6) is 0 Å². The molecule has 0 aromatic carbocycles. The van der Waals surface area contributed by atoms with Crippen molar-refractivity contribution in [2.75, 3.05) is 4.43 Å². The van der Waals surface area contributed by atoms with E-state index in [4.69, 9.17) is 5.14 Å². The Morgan fingerprint density at radius 1 is 1.22 bits per heavy atom. The summed E-state index contributed by atoms with van der Waals surface area (Å²) in [4.78, 5) is 23.6. The van der Waals surface area contributed by atoms with Crippen LogP contribution in [0.4, 0.5) is 0 Å². The van der Waals surface area contributed by atoms with E-state index in [0.717, 1.165) is 0 Å². The van der Waals surface area contributed by atoms with Crippen molar-refractivity contribution in [1.29, 1.82) is 0 Å². The second-order valence-electron chi connectivity index (χ2n) is 4.38. The second-order valence-corrected chi connectivity index (χ2v) is 7.11. The van der Waals surface area contributed by atoms with E-state index in [-0.39, 0.29) is 16.0 Å². The van der Waals surface area contributed by atoms with Crippen LogP contribution in [0.1, 0.15) is 13.8 Å². The van der Waals surface area contributed by atoms with Gasteiger partial charge in [0.2, 0.25) is 10.0 Å². The van der Waals surface area contributed by atoms with Crippen molar-refractivity contribution in [3.63, 3.8) is 0 Å². The Labute approximate surface area is 120 Å². The lowest BCUT2D eigenvalue weighted by Gasteiger charge is -2.30. The number of hydrogen-bond acceptors (Lipinski definition) is 4. The fourth-order valence-electron chi connectivity index (χ4n) is 1.62. The highest BCUT2D eigenvalue weighted by Gasteiger charge is 2.43. The van der Waals surface area contributed by atoms with E-state index in [9.17, 15) is 18.0 Å². The van der Waals surface area contributed by atoms with Crippen molar-refractivity contribution in [2.24, 2.45) is 10.6 Å². The number of nitrogens with two attached hydrogens (primary N) is 1. The average Bonchev–Trinajstić information content (AvgIpc) is 2.27. The molecule has 0 atom stereocenters. The standard InChI is InChI=1S/C11H14INO4S/c1-8(14)11(9(15)7-12)5-3-10(2,4-6-11)18(13,16)17/h3-6H,7H2,1-2H3,(H2,13,16,17). The summed E-state index contributed by atoms with van der Waals surface area (Å²) in [6, 6.07) is 0. The predicted octanol–water partition coefficient (Wildman–Crippen LogP) is 0.739. The van der Waals surface area contributed by atoms with Gasteiger partial charge in [-0.05, 0) is 13.8 Å². The summed E-state index contributed by atoms with van der Waals surface area (Å²) in [6.07, 6.45) is 5.27. The molecule has 0 fully saturated rings. The molecule has 0 heterocycles. The van der Waals surface area contributed by atoms with Crippen molar-refractivity contribution in [3.05, 3.63) is 24.3 Å². The summed E-state index contributed by atoms with van der Waals surface area (Å²) in [5.74, 6) is -0.618. The molecule has 0 aromatic heterocycles. The molecule has 0 saturated carbocycles. The third kappa shape index (κ3) is 2.43. The number of rotatable bonds is 4.